The topological polar surface area (TPSA) is 71.0 Å². The highest BCUT2D eigenvalue weighted by Crippen LogP contribution is 2.21. The quantitative estimate of drug-likeness (QED) is 0.485. The number of methoxy groups -OCH3 is 1. The van der Waals surface area contributed by atoms with E-state index in [-0.39, 0.29) is 25.1 Å². The van der Waals surface area contributed by atoms with E-state index in [1.807, 2.05) is 60.7 Å². The molecule has 0 heterocycles. The van der Waals surface area contributed by atoms with E-state index in [2.05, 4.69) is 5.32 Å². The second-order valence-corrected chi connectivity index (χ2v) is 7.66. The highest BCUT2D eigenvalue weighted by Gasteiger charge is 2.18. The Bertz CT molecular complexity index is 909. The van der Waals surface area contributed by atoms with Crippen LogP contribution >= 0.6 is 0 Å². The van der Waals surface area contributed by atoms with Crippen LogP contribution in [0.3, 0.4) is 0 Å². The van der Waals surface area contributed by atoms with Crippen LogP contribution in [0.4, 0.5) is 0 Å². The van der Waals surface area contributed by atoms with Crippen molar-refractivity contribution in [3.05, 3.63) is 96.1 Å². The number of nitrogens with zero attached hydrogens (tertiary/aromatic N) is 1. The molecule has 3 aromatic rings. The van der Waals surface area contributed by atoms with Gasteiger partial charge in [0.2, 0.25) is 5.91 Å². The van der Waals surface area contributed by atoms with Gasteiger partial charge in [-0.25, -0.2) is 0 Å². The maximum absolute atomic E-state index is 12.8. The van der Waals surface area contributed by atoms with E-state index < -0.39 is 6.10 Å². The Labute approximate surface area is 189 Å². The summed E-state index contributed by atoms with van der Waals surface area (Å²) in [6, 6.07) is 26.7. The first-order valence-electron chi connectivity index (χ1n) is 10.6. The van der Waals surface area contributed by atoms with Gasteiger partial charge in [0.1, 0.15) is 24.2 Å². The third kappa shape index (κ3) is 7.11. The number of benzene rings is 3. The molecule has 0 aliphatic carbocycles. The standard InChI is InChI=1S/C26H30N2O4/c1-28(17-22(29)19-32-24-15-13-23(31-2)14-16-24)18-25(30)27-26(20-9-5-3-6-10-20)21-11-7-4-8-12-21/h3-16,22,26,29H,17-19H2,1-2H3,(H,27,30). The van der Waals surface area contributed by atoms with Crippen LogP contribution < -0.4 is 14.8 Å². The van der Waals surface area contributed by atoms with Crippen LogP contribution in [-0.2, 0) is 4.79 Å². The molecule has 0 aromatic heterocycles. The van der Waals surface area contributed by atoms with Crippen molar-refractivity contribution in [1.82, 2.24) is 10.2 Å². The number of carbonyl (C=O) groups is 1. The Balaban J connectivity index is 1.51. The monoisotopic (exact) mass is 434 g/mol. The van der Waals surface area contributed by atoms with E-state index in [9.17, 15) is 9.90 Å². The molecule has 32 heavy (non-hydrogen) atoms. The molecule has 0 spiro atoms. The lowest BCUT2D eigenvalue weighted by atomic mass is 9.99. The summed E-state index contributed by atoms with van der Waals surface area (Å²) in [5.74, 6) is 1.28. The number of aliphatic hydroxyl groups excluding tert-OH is 1. The van der Waals surface area contributed by atoms with E-state index in [0.29, 0.717) is 12.3 Å². The first kappa shape index (κ1) is 23.3. The predicted octanol–water partition coefficient (Wildman–Crippen LogP) is 3.27. The van der Waals surface area contributed by atoms with Crippen molar-refractivity contribution in [2.75, 3.05) is 33.9 Å². The van der Waals surface area contributed by atoms with Crippen molar-refractivity contribution >= 4 is 5.91 Å². The highest BCUT2D eigenvalue weighted by molar-refractivity contribution is 5.79. The number of hydrogen-bond donors (Lipinski definition) is 2. The SMILES string of the molecule is COc1ccc(OCC(O)CN(C)CC(=O)NC(c2ccccc2)c2ccccc2)cc1. The molecule has 6 heteroatoms. The number of amides is 1. The molecule has 3 aromatic carbocycles. The molecule has 2 N–H and O–H groups in total. The third-order valence-electron chi connectivity index (χ3n) is 5.01. The first-order chi connectivity index (χ1) is 15.5. The molecule has 0 radical (unpaired) electrons. The smallest absolute Gasteiger partial charge is 0.234 e. The van der Waals surface area contributed by atoms with Gasteiger partial charge in [-0.1, -0.05) is 60.7 Å². The minimum atomic E-state index is -0.728. The van der Waals surface area contributed by atoms with Crippen LogP contribution in [0.5, 0.6) is 11.5 Å². The summed E-state index contributed by atoms with van der Waals surface area (Å²) >= 11 is 0. The van der Waals surface area contributed by atoms with E-state index in [4.69, 9.17) is 9.47 Å². The molecule has 1 atom stereocenters. The zero-order valence-corrected chi connectivity index (χ0v) is 18.5. The van der Waals surface area contributed by atoms with Crippen molar-refractivity contribution < 1.29 is 19.4 Å². The minimum absolute atomic E-state index is 0.117. The fraction of sp³-hybridized carbons (Fsp3) is 0.269. The normalized spacial score (nSPS) is 11.9. The van der Waals surface area contributed by atoms with Gasteiger partial charge in [-0.3, -0.25) is 9.69 Å². The summed E-state index contributed by atoms with van der Waals surface area (Å²) in [5.41, 5.74) is 2.03. The summed E-state index contributed by atoms with van der Waals surface area (Å²) in [5, 5.41) is 13.4. The third-order valence-corrected chi connectivity index (χ3v) is 5.01. The van der Waals surface area contributed by atoms with Crippen LogP contribution in [0.15, 0.2) is 84.9 Å². The highest BCUT2D eigenvalue weighted by atomic mass is 16.5. The molecular formula is C26H30N2O4. The summed E-state index contributed by atoms with van der Waals surface area (Å²) in [6.45, 7) is 0.607. The second-order valence-electron chi connectivity index (χ2n) is 7.66. The molecule has 1 unspecified atom stereocenters. The van der Waals surface area contributed by atoms with Gasteiger partial charge in [-0.05, 0) is 42.4 Å². The van der Waals surface area contributed by atoms with Crippen molar-refractivity contribution in [2.45, 2.75) is 12.1 Å². The van der Waals surface area contributed by atoms with E-state index in [0.717, 1.165) is 16.9 Å². The number of aliphatic hydroxyl groups is 1. The molecule has 3 rings (SSSR count). The van der Waals surface area contributed by atoms with Crippen LogP contribution in [0, 0.1) is 0 Å². The average molecular weight is 435 g/mol. The van der Waals surface area contributed by atoms with Gasteiger partial charge in [0.25, 0.3) is 0 Å². The number of nitrogens with one attached hydrogen (secondary N) is 1. The average Bonchev–Trinajstić information content (AvgIpc) is 2.82. The summed E-state index contributed by atoms with van der Waals surface area (Å²) in [6.07, 6.45) is -0.728. The Kier molecular flexibility index (Phi) is 8.66. The van der Waals surface area contributed by atoms with Crippen LogP contribution in [-0.4, -0.2) is 55.9 Å². The number of rotatable bonds is 11. The molecule has 0 fully saturated rings. The molecule has 1 amide bonds. The van der Waals surface area contributed by atoms with Crippen molar-refractivity contribution in [3.63, 3.8) is 0 Å². The van der Waals surface area contributed by atoms with Crippen LogP contribution in [0.1, 0.15) is 17.2 Å². The largest absolute Gasteiger partial charge is 0.497 e. The lowest BCUT2D eigenvalue weighted by molar-refractivity contribution is -0.122. The lowest BCUT2D eigenvalue weighted by Crippen LogP contribution is -2.41. The van der Waals surface area contributed by atoms with Gasteiger partial charge in [0, 0.05) is 6.54 Å². The maximum Gasteiger partial charge on any atom is 0.234 e. The zero-order chi connectivity index (χ0) is 22.8. The number of hydrogen-bond acceptors (Lipinski definition) is 5. The number of carbonyl (C=O) groups excluding carboxylic acids is 1. The summed E-state index contributed by atoms with van der Waals surface area (Å²) in [7, 11) is 3.41. The molecule has 0 saturated carbocycles. The van der Waals surface area contributed by atoms with Crippen LogP contribution in [0.25, 0.3) is 0 Å². The lowest BCUT2D eigenvalue weighted by Gasteiger charge is -2.23. The molecule has 0 saturated heterocycles. The fourth-order valence-corrected chi connectivity index (χ4v) is 3.44. The molecule has 0 aliphatic rings. The van der Waals surface area contributed by atoms with Gasteiger partial charge in [0.05, 0.1) is 19.7 Å². The van der Waals surface area contributed by atoms with E-state index >= 15 is 0 Å². The summed E-state index contributed by atoms with van der Waals surface area (Å²) in [4.78, 5) is 14.5. The van der Waals surface area contributed by atoms with Crippen LogP contribution in [0.2, 0.25) is 0 Å². The molecule has 168 valence electrons. The number of ether oxygens (including phenoxy) is 2. The Morgan fingerprint density at radius 3 is 1.97 bits per heavy atom. The van der Waals surface area contributed by atoms with Crippen molar-refractivity contribution in [3.8, 4) is 11.5 Å². The molecule has 6 nitrogen and oxygen atoms in total. The van der Waals surface area contributed by atoms with Gasteiger partial charge in [-0.2, -0.15) is 0 Å². The summed E-state index contributed by atoms with van der Waals surface area (Å²) < 4.78 is 10.7. The fourth-order valence-electron chi connectivity index (χ4n) is 3.44. The van der Waals surface area contributed by atoms with E-state index in [1.54, 1.807) is 43.3 Å². The first-order valence-corrected chi connectivity index (χ1v) is 10.6. The minimum Gasteiger partial charge on any atom is -0.497 e. The van der Waals surface area contributed by atoms with Gasteiger partial charge in [-0.15, -0.1) is 0 Å². The Morgan fingerprint density at radius 2 is 1.44 bits per heavy atom. The van der Waals surface area contributed by atoms with Gasteiger partial charge in [0.15, 0.2) is 0 Å². The van der Waals surface area contributed by atoms with Gasteiger partial charge < -0.3 is 19.9 Å². The Morgan fingerprint density at radius 1 is 0.906 bits per heavy atom. The predicted molar refractivity (Wildman–Crippen MR) is 125 cm³/mol. The second kappa shape index (κ2) is 11.9. The van der Waals surface area contributed by atoms with Crippen molar-refractivity contribution in [1.29, 1.82) is 0 Å². The number of likely N-dealkylation sites (N-methyl/N-ethyl adjacent to an activating group) is 1. The molecule has 0 bridgehead atoms. The Hall–Kier alpha value is -3.35. The van der Waals surface area contributed by atoms with Crippen molar-refractivity contribution in [2.24, 2.45) is 0 Å². The maximum atomic E-state index is 12.8. The molecular weight excluding hydrogens is 404 g/mol. The zero-order valence-electron chi connectivity index (χ0n) is 18.5. The van der Waals surface area contributed by atoms with Gasteiger partial charge >= 0.3 is 0 Å². The molecule has 0 aliphatic heterocycles. The van der Waals surface area contributed by atoms with E-state index in [1.165, 1.54) is 0 Å².